The van der Waals surface area contributed by atoms with Crippen LogP contribution < -0.4 is 10.1 Å². The number of hydrogen-bond acceptors (Lipinski definition) is 4. The Balaban J connectivity index is 2.42. The molecule has 0 saturated carbocycles. The zero-order valence-electron chi connectivity index (χ0n) is 12.4. The van der Waals surface area contributed by atoms with Gasteiger partial charge in [-0.05, 0) is 18.2 Å². The lowest BCUT2D eigenvalue weighted by Gasteiger charge is -2.38. The lowest BCUT2D eigenvalue weighted by molar-refractivity contribution is -0.274. The van der Waals surface area contributed by atoms with Crippen molar-refractivity contribution in [2.24, 2.45) is 0 Å². The summed E-state index contributed by atoms with van der Waals surface area (Å²) in [6, 6.07) is 0.0394. The number of nitrogens with zero attached hydrogens (tertiary/aromatic N) is 1. The number of hydrogen-bond donors (Lipinski definition) is 2. The molecule has 24 heavy (non-hydrogen) atoms. The molecule has 0 radical (unpaired) electrons. The predicted molar refractivity (Wildman–Crippen MR) is 72.3 cm³/mol. The molecule has 0 spiro atoms. The Morgan fingerprint density at radius 1 is 1.17 bits per heavy atom. The Kier molecular flexibility index (Phi) is 5.61. The summed E-state index contributed by atoms with van der Waals surface area (Å²) in [5.41, 5.74) is -0.655. The van der Waals surface area contributed by atoms with E-state index in [4.69, 9.17) is 5.11 Å². The van der Waals surface area contributed by atoms with Crippen molar-refractivity contribution in [2.75, 3.05) is 32.8 Å². The van der Waals surface area contributed by atoms with Crippen LogP contribution in [0.2, 0.25) is 0 Å². The van der Waals surface area contributed by atoms with Gasteiger partial charge in [0.2, 0.25) is 0 Å². The number of alkyl halides is 5. The first-order chi connectivity index (χ1) is 11.1. The molecule has 10 heteroatoms. The van der Waals surface area contributed by atoms with Crippen LogP contribution in [0.4, 0.5) is 26.3 Å². The molecule has 136 valence electrons. The van der Waals surface area contributed by atoms with Gasteiger partial charge in [-0.2, -0.15) is 0 Å². The first kappa shape index (κ1) is 18.8. The van der Waals surface area contributed by atoms with Gasteiger partial charge in [0.05, 0.1) is 0 Å². The summed E-state index contributed by atoms with van der Waals surface area (Å²) in [4.78, 5) is 1.22. The van der Waals surface area contributed by atoms with Gasteiger partial charge in [0, 0.05) is 31.7 Å². The van der Waals surface area contributed by atoms with Crippen LogP contribution in [0.3, 0.4) is 0 Å². The van der Waals surface area contributed by atoms with Gasteiger partial charge in [-0.1, -0.05) is 0 Å². The van der Waals surface area contributed by atoms with Gasteiger partial charge in [-0.25, -0.2) is 13.2 Å². The SMILES string of the molecule is OCC(F)(F)[C@@H](c1cc(OC(F)(F)F)ccc1F)N1CCNCC1. The van der Waals surface area contributed by atoms with Crippen LogP contribution in [0.1, 0.15) is 11.6 Å². The molecule has 1 aliphatic rings. The Bertz CT molecular complexity index is 561. The number of halogens is 6. The van der Waals surface area contributed by atoms with E-state index < -0.39 is 42.1 Å². The van der Waals surface area contributed by atoms with Crippen LogP contribution in [-0.4, -0.2) is 55.1 Å². The third-order valence-electron chi connectivity index (χ3n) is 3.62. The van der Waals surface area contributed by atoms with E-state index in [1.54, 1.807) is 0 Å². The highest BCUT2D eigenvalue weighted by Crippen LogP contribution is 2.39. The minimum Gasteiger partial charge on any atom is -0.406 e. The Labute approximate surface area is 134 Å². The fourth-order valence-corrected chi connectivity index (χ4v) is 2.65. The van der Waals surface area contributed by atoms with Gasteiger partial charge in [0.15, 0.2) is 0 Å². The highest BCUT2D eigenvalue weighted by molar-refractivity contribution is 5.33. The summed E-state index contributed by atoms with van der Waals surface area (Å²) in [7, 11) is 0. The number of rotatable bonds is 5. The van der Waals surface area contributed by atoms with Crippen LogP contribution in [0.25, 0.3) is 0 Å². The average Bonchev–Trinajstić information content (AvgIpc) is 2.50. The normalized spacial score (nSPS) is 18.5. The Morgan fingerprint density at radius 3 is 2.33 bits per heavy atom. The van der Waals surface area contributed by atoms with Gasteiger partial charge < -0.3 is 15.2 Å². The second-order valence-corrected chi connectivity index (χ2v) is 5.34. The maximum absolute atomic E-state index is 14.2. The first-order valence-corrected chi connectivity index (χ1v) is 7.13. The monoisotopic (exact) mass is 358 g/mol. The van der Waals surface area contributed by atoms with E-state index in [0.717, 1.165) is 0 Å². The number of aliphatic hydroxyl groups is 1. The summed E-state index contributed by atoms with van der Waals surface area (Å²) >= 11 is 0. The van der Waals surface area contributed by atoms with Crippen molar-refractivity contribution in [3.63, 3.8) is 0 Å². The topological polar surface area (TPSA) is 44.7 Å². The molecular formula is C14H16F6N2O2. The molecule has 0 amide bonds. The van der Waals surface area contributed by atoms with E-state index in [1.807, 2.05) is 0 Å². The number of aliphatic hydroxyl groups excluding tert-OH is 1. The molecule has 1 aromatic carbocycles. The van der Waals surface area contributed by atoms with Crippen molar-refractivity contribution in [2.45, 2.75) is 18.3 Å². The summed E-state index contributed by atoms with van der Waals surface area (Å²) in [5.74, 6) is -5.64. The second-order valence-electron chi connectivity index (χ2n) is 5.34. The van der Waals surface area contributed by atoms with Gasteiger partial charge in [-0.3, -0.25) is 4.90 Å². The molecule has 1 aromatic rings. The van der Waals surface area contributed by atoms with Gasteiger partial charge in [0.1, 0.15) is 24.2 Å². The second kappa shape index (κ2) is 7.16. The minimum atomic E-state index is -5.03. The molecule has 4 nitrogen and oxygen atoms in total. The van der Waals surface area contributed by atoms with Gasteiger partial charge >= 0.3 is 6.36 Å². The van der Waals surface area contributed by atoms with Crippen molar-refractivity contribution in [3.05, 3.63) is 29.6 Å². The molecule has 0 bridgehead atoms. The molecule has 2 N–H and O–H groups in total. The summed E-state index contributed by atoms with van der Waals surface area (Å²) in [5, 5.41) is 11.9. The molecular weight excluding hydrogens is 342 g/mol. The van der Waals surface area contributed by atoms with Crippen LogP contribution in [0.5, 0.6) is 5.75 Å². The number of ether oxygens (including phenoxy) is 1. The van der Waals surface area contributed by atoms with E-state index in [1.165, 1.54) is 4.90 Å². The summed E-state index contributed by atoms with van der Waals surface area (Å²) in [6.07, 6.45) is -5.03. The highest BCUT2D eigenvalue weighted by atomic mass is 19.4. The van der Waals surface area contributed by atoms with E-state index in [0.29, 0.717) is 31.3 Å². The van der Waals surface area contributed by atoms with E-state index in [9.17, 15) is 26.3 Å². The predicted octanol–water partition coefficient (Wildman–Crippen LogP) is 2.30. The Hall–Kier alpha value is -1.52. The quantitative estimate of drug-likeness (QED) is 0.793. The van der Waals surface area contributed by atoms with E-state index in [2.05, 4.69) is 10.1 Å². The largest absolute Gasteiger partial charge is 0.573 e. The third kappa shape index (κ3) is 4.52. The molecule has 1 fully saturated rings. The summed E-state index contributed by atoms with van der Waals surface area (Å²) in [6.45, 7) is -0.587. The third-order valence-corrected chi connectivity index (χ3v) is 3.62. The molecule has 0 aliphatic carbocycles. The standard InChI is InChI=1S/C14H16F6N2O2/c15-11-2-1-9(24-14(18,19)20)7-10(11)12(13(16,17)8-23)22-5-3-21-4-6-22/h1-2,7,12,21,23H,3-6,8H2/t12-/m1/s1. The number of nitrogens with one attached hydrogen (secondary N) is 1. The zero-order chi connectivity index (χ0) is 18.0. The molecule has 2 rings (SSSR count). The van der Waals surface area contributed by atoms with Crippen molar-refractivity contribution < 1.29 is 36.2 Å². The lowest BCUT2D eigenvalue weighted by Crippen LogP contribution is -2.51. The van der Waals surface area contributed by atoms with Gasteiger partial charge in [-0.15, -0.1) is 13.2 Å². The molecule has 1 aliphatic heterocycles. The van der Waals surface area contributed by atoms with Gasteiger partial charge in [0.25, 0.3) is 5.92 Å². The highest BCUT2D eigenvalue weighted by Gasteiger charge is 2.45. The van der Waals surface area contributed by atoms with E-state index in [-0.39, 0.29) is 13.1 Å². The van der Waals surface area contributed by atoms with Crippen LogP contribution in [-0.2, 0) is 0 Å². The lowest BCUT2D eigenvalue weighted by atomic mass is 9.97. The molecule has 0 unspecified atom stereocenters. The fraction of sp³-hybridized carbons (Fsp3) is 0.571. The maximum atomic E-state index is 14.2. The first-order valence-electron chi connectivity index (χ1n) is 7.13. The van der Waals surface area contributed by atoms with Crippen molar-refractivity contribution >= 4 is 0 Å². The van der Waals surface area contributed by atoms with E-state index >= 15 is 0 Å². The van der Waals surface area contributed by atoms with Crippen LogP contribution in [0, 0.1) is 5.82 Å². The Morgan fingerprint density at radius 2 is 1.79 bits per heavy atom. The van der Waals surface area contributed by atoms with Crippen LogP contribution in [0.15, 0.2) is 18.2 Å². The van der Waals surface area contributed by atoms with Crippen molar-refractivity contribution in [1.29, 1.82) is 0 Å². The number of benzene rings is 1. The molecule has 1 atom stereocenters. The molecule has 1 saturated heterocycles. The van der Waals surface area contributed by atoms with Crippen LogP contribution >= 0.6 is 0 Å². The molecule has 0 aromatic heterocycles. The smallest absolute Gasteiger partial charge is 0.406 e. The number of piperazine rings is 1. The zero-order valence-corrected chi connectivity index (χ0v) is 12.4. The van der Waals surface area contributed by atoms with Crippen molar-refractivity contribution in [3.8, 4) is 5.75 Å². The average molecular weight is 358 g/mol. The maximum Gasteiger partial charge on any atom is 0.573 e. The molecule has 1 heterocycles. The fourth-order valence-electron chi connectivity index (χ4n) is 2.65. The summed E-state index contributed by atoms with van der Waals surface area (Å²) < 4.78 is 83.1. The minimum absolute atomic E-state index is 0.129. The van der Waals surface area contributed by atoms with Crippen molar-refractivity contribution in [1.82, 2.24) is 10.2 Å².